The number of nitrogens with one attached hydrogen (secondary N) is 1. The maximum absolute atomic E-state index is 14.7. The van der Waals surface area contributed by atoms with E-state index in [0.29, 0.717) is 15.0 Å². The van der Waals surface area contributed by atoms with Gasteiger partial charge in [-0.05, 0) is 127 Å². The second kappa shape index (κ2) is 12.1. The molecule has 2 amide bonds. The molecule has 0 spiro atoms. The van der Waals surface area contributed by atoms with Gasteiger partial charge in [0.25, 0.3) is 11.8 Å². The highest BCUT2D eigenvalue weighted by Gasteiger charge is 2.44. The van der Waals surface area contributed by atoms with Crippen molar-refractivity contribution in [2.24, 2.45) is 5.89 Å². The van der Waals surface area contributed by atoms with Crippen LogP contribution in [0.4, 0.5) is 0 Å². The fourth-order valence-corrected chi connectivity index (χ4v) is 6.79. The molecule has 0 saturated carbocycles. The first-order valence-electron chi connectivity index (χ1n) is 25.3. The number of imide groups is 1. The zero-order valence-electron chi connectivity index (χ0n) is 48.1. The number of nitrogens with zero attached hydrogens (tertiary/aromatic N) is 4. The summed E-state index contributed by atoms with van der Waals surface area (Å²) < 4.78 is 170. The molecule has 0 bridgehead atoms. The molecule has 0 radical (unpaired) electrons. The van der Waals surface area contributed by atoms with Crippen LogP contribution in [0.1, 0.15) is 119 Å². The van der Waals surface area contributed by atoms with E-state index in [2.05, 4.69) is 4.98 Å². The first-order valence-corrected chi connectivity index (χ1v) is 16.3. The van der Waals surface area contributed by atoms with Crippen LogP contribution in [0.15, 0.2) is 42.4 Å². The minimum absolute atomic E-state index is 0.00843. The third-order valence-electron chi connectivity index (χ3n) is 10.3. The van der Waals surface area contributed by atoms with E-state index in [-0.39, 0.29) is 60.8 Å². The fourth-order valence-electron chi connectivity index (χ4n) is 6.79. The molecule has 2 atom stereocenters. The molecule has 2 unspecified atom stereocenters. The first-order chi connectivity index (χ1) is 30.7. The number of pyridine rings is 1. The second-order valence-electron chi connectivity index (χ2n) is 13.4. The van der Waals surface area contributed by atoms with E-state index in [0.717, 1.165) is 18.4 Å². The fraction of sp³-hybridized carbons (Fsp3) is 0.419. The van der Waals surface area contributed by atoms with E-state index in [1.807, 2.05) is 0 Å². The molecule has 3 aromatic heterocycles. The smallest absolute Gasteiger partial charge is 0.259 e. The van der Waals surface area contributed by atoms with Gasteiger partial charge in [0, 0.05) is 93.9 Å². The molecule has 260 valence electrons. The lowest BCUT2D eigenvalue weighted by Crippen LogP contribution is -2.55. The number of piperidine rings is 1. The van der Waals surface area contributed by atoms with Crippen LogP contribution in [0, 0.1) is 54.4 Å². The molecule has 5 heterocycles. The van der Waals surface area contributed by atoms with Crippen molar-refractivity contribution < 1.29 is 34.3 Å². The average molecular weight is 688 g/mol. The number of benzene rings is 2. The molecule has 0 aliphatic carbocycles. The Balaban J connectivity index is 1.69. The molecular formula is C43H51N5O2. The summed E-state index contributed by atoms with van der Waals surface area (Å²) in [7, 11) is 0. The normalized spacial score (nSPS) is 30.7. The minimum atomic E-state index is -3.81. The molecule has 2 aliphatic heterocycles. The Labute approximate surface area is 321 Å². The van der Waals surface area contributed by atoms with Crippen molar-refractivity contribution in [3.63, 3.8) is 0 Å². The van der Waals surface area contributed by atoms with Crippen LogP contribution in [-0.4, -0.2) is 42.9 Å². The minimum Gasteiger partial charge on any atom is -0.345 e. The van der Waals surface area contributed by atoms with Gasteiger partial charge in [-0.25, -0.2) is 0 Å². The highest BCUT2D eigenvalue weighted by Crippen LogP contribution is 2.47. The zero-order chi connectivity index (χ0) is 52.0. The number of fused-ring (bicyclic) bond motifs is 2. The number of amides is 2. The number of hydrogen-bond donors (Lipinski definition) is 1. The van der Waals surface area contributed by atoms with Crippen LogP contribution >= 0.6 is 0 Å². The number of hydrogen-bond acceptors (Lipinski definition) is 4. The Hall–Kier alpha value is -4.49. The third-order valence-corrected chi connectivity index (χ3v) is 10.3. The van der Waals surface area contributed by atoms with Crippen molar-refractivity contribution in [3.8, 4) is 0 Å². The highest BCUT2D eigenvalue weighted by atomic mass is 16.2. The molecule has 7 rings (SSSR count). The van der Waals surface area contributed by atoms with Crippen molar-refractivity contribution in [2.75, 3.05) is 6.50 Å². The van der Waals surface area contributed by atoms with E-state index >= 15 is 0 Å². The lowest BCUT2D eigenvalue weighted by Gasteiger charge is -2.51. The van der Waals surface area contributed by atoms with Crippen molar-refractivity contribution in [1.82, 2.24) is 24.3 Å². The van der Waals surface area contributed by atoms with Gasteiger partial charge in [-0.15, -0.1) is 0 Å². The maximum Gasteiger partial charge on any atom is 0.259 e. The molecule has 1 fully saturated rings. The topological polar surface area (TPSA) is 72.2 Å². The molecular weight excluding hydrogens is 619 g/mol. The van der Waals surface area contributed by atoms with E-state index in [9.17, 15) is 23.3 Å². The zero-order valence-corrected chi connectivity index (χ0v) is 30.1. The van der Waals surface area contributed by atoms with Gasteiger partial charge in [0.15, 0.2) is 1.41 Å². The van der Waals surface area contributed by atoms with Crippen LogP contribution in [0.3, 0.4) is 0 Å². The molecule has 7 nitrogen and oxygen atoms in total. The highest BCUT2D eigenvalue weighted by molar-refractivity contribution is 6.51. The number of rotatable bonds is 6. The number of likely N-dealkylation sites (tertiary alicyclic amines) is 1. The van der Waals surface area contributed by atoms with Crippen LogP contribution in [0.5, 0.6) is 0 Å². The second-order valence-corrected chi connectivity index (χ2v) is 13.4. The van der Waals surface area contributed by atoms with Gasteiger partial charge in [0.2, 0.25) is 0 Å². The summed E-state index contributed by atoms with van der Waals surface area (Å²) in [5.74, 6) is -5.45. The molecule has 1 saturated heterocycles. The van der Waals surface area contributed by atoms with Gasteiger partial charge in [0.1, 0.15) is 0 Å². The SMILES string of the molecule is [2H]c1c(C([2H])([2H])N2C([2H])([2H])C([2H])([2H])C([2H])(n3c([2H])c(C4=C(c5c(C)n(C([2H])([2H])C)c6c([2H])c([2H])c([2H])c(C)c56)C(=O)N([2H])C4=O)c4c(C)c(C)c(C)c([2H])c43)C([2H])(C)C2(C)C)nc(C)c(C)c1[2H]. The van der Waals surface area contributed by atoms with Gasteiger partial charge in [-0.1, -0.05) is 25.1 Å². The predicted molar refractivity (Wildman–Crippen MR) is 204 cm³/mol. The van der Waals surface area contributed by atoms with Crippen molar-refractivity contribution >= 4 is 44.8 Å². The van der Waals surface area contributed by atoms with Gasteiger partial charge in [0.05, 0.1) is 27.8 Å². The molecule has 7 heteroatoms. The largest absolute Gasteiger partial charge is 0.345 e. The maximum atomic E-state index is 14.7. The summed E-state index contributed by atoms with van der Waals surface area (Å²) in [6.07, 6.45) is -4.79. The number of aryl methyl sites for hydroxylation is 4. The molecule has 5 aromatic rings. The van der Waals surface area contributed by atoms with Gasteiger partial charge in [-0.3, -0.25) is 24.8 Å². The first kappa shape index (κ1) is 18.7. The number of aromatic nitrogens is 3. The molecule has 1 N–H and O–H groups in total. The Morgan fingerprint density at radius 2 is 1.70 bits per heavy atom. The third kappa shape index (κ3) is 4.99. The lowest BCUT2D eigenvalue weighted by molar-refractivity contribution is -0.122. The number of carbonyl (C=O) groups excluding carboxylic acids is 2. The molecule has 50 heavy (non-hydrogen) atoms. The standard InChI is InChI=1S/C43H51N5O2/c1-12-47-30(9)38(36-24(3)14-13-15-34(36)47)40-39(41(49)45-42(40)50)32-22-48(35-20-25(4)26(5)27(6)37(32)35)33-18-19-46(43(10,11)28(33)7)21-31-17-16-23(2)29(8)44-31/h13-17,20,22,28,33H,12,18-19,21H2,1-11H3,(H,45,49,50)/i12D2,13D,14D,15D,16D,17D,18D2,19D2,20D,21D2,22D,28D,33D/hD. The molecule has 2 aliphatic rings. The summed E-state index contributed by atoms with van der Waals surface area (Å²) in [6, 6.07) is -6.61. The Morgan fingerprint density at radius 3 is 2.42 bits per heavy atom. The summed E-state index contributed by atoms with van der Waals surface area (Å²) in [5.41, 5.74) is -4.60. The predicted octanol–water partition coefficient (Wildman–Crippen LogP) is 8.60. The van der Waals surface area contributed by atoms with E-state index < -0.39 is 125 Å². The van der Waals surface area contributed by atoms with Gasteiger partial charge >= 0.3 is 0 Å². The van der Waals surface area contributed by atoms with E-state index in [1.165, 1.54) is 48.5 Å². The summed E-state index contributed by atoms with van der Waals surface area (Å²) in [5, 5.41) is -0.275. The van der Waals surface area contributed by atoms with Crippen LogP contribution in [0.25, 0.3) is 33.0 Å². The van der Waals surface area contributed by atoms with Gasteiger partial charge in [-0.2, -0.15) is 0 Å². The lowest BCUT2D eigenvalue weighted by atomic mass is 9.76. The van der Waals surface area contributed by atoms with Crippen molar-refractivity contribution in [1.29, 1.82) is 0 Å². The van der Waals surface area contributed by atoms with Crippen LogP contribution in [0.2, 0.25) is 1.41 Å². The molecule has 2 aromatic carbocycles. The Kier molecular flexibility index (Phi) is 4.51. The summed E-state index contributed by atoms with van der Waals surface area (Å²) in [6.45, 7) is 5.70. The quantitative estimate of drug-likeness (QED) is 0.182. The van der Waals surface area contributed by atoms with E-state index in [1.54, 1.807) is 13.8 Å². The Morgan fingerprint density at radius 1 is 0.980 bits per heavy atom. The Bertz CT molecular complexity index is 3150. The van der Waals surface area contributed by atoms with E-state index in [4.69, 9.17) is 11.0 Å². The van der Waals surface area contributed by atoms with Crippen molar-refractivity contribution in [3.05, 3.63) is 98.5 Å². The van der Waals surface area contributed by atoms with Crippen LogP contribution in [-0.2, 0) is 22.6 Å². The number of carbonyl (C=O) groups is 2. The van der Waals surface area contributed by atoms with Crippen LogP contribution < -0.4 is 5.31 Å². The average Bonchev–Trinajstić information content (AvgIpc) is 3.79. The van der Waals surface area contributed by atoms with Crippen molar-refractivity contribution in [2.45, 2.75) is 107 Å². The van der Waals surface area contributed by atoms with Gasteiger partial charge < -0.3 is 9.13 Å². The monoisotopic (exact) mass is 688 g/mol. The summed E-state index contributed by atoms with van der Waals surface area (Å²) in [4.78, 5) is 33.9. The summed E-state index contributed by atoms with van der Waals surface area (Å²) >= 11 is 0.